The highest BCUT2D eigenvalue weighted by Gasteiger charge is 2.12. The summed E-state index contributed by atoms with van der Waals surface area (Å²) in [6.45, 7) is 3.49. The molecule has 0 atom stereocenters. The fourth-order valence-electron chi connectivity index (χ4n) is 1.45. The smallest absolute Gasteiger partial charge is 0.253 e. The van der Waals surface area contributed by atoms with Crippen LogP contribution in [0, 0.1) is 6.92 Å². The topological polar surface area (TPSA) is 49.6 Å². The largest absolute Gasteiger partial charge is 0.398 e. The van der Waals surface area contributed by atoms with Crippen LogP contribution in [-0.4, -0.2) is 49.9 Å². The summed E-state index contributed by atoms with van der Waals surface area (Å²) < 4.78 is 0. The number of anilines is 1. The molecule has 0 radical (unpaired) electrons. The van der Waals surface area contributed by atoms with Crippen LogP contribution in [0.25, 0.3) is 0 Å². The van der Waals surface area contributed by atoms with Crippen LogP contribution >= 0.6 is 0 Å². The average Bonchev–Trinajstić information content (AvgIpc) is 2.28. The molecule has 4 nitrogen and oxygen atoms in total. The molecule has 0 bridgehead atoms. The van der Waals surface area contributed by atoms with Gasteiger partial charge in [0.15, 0.2) is 0 Å². The van der Waals surface area contributed by atoms with Crippen molar-refractivity contribution in [2.24, 2.45) is 0 Å². The first-order valence-corrected chi connectivity index (χ1v) is 5.68. The van der Waals surface area contributed by atoms with Crippen molar-refractivity contribution in [1.29, 1.82) is 0 Å². The zero-order chi connectivity index (χ0) is 13.0. The predicted octanol–water partition coefficient (Wildman–Crippen LogP) is 1.21. The molecule has 0 aliphatic heterocycles. The first kappa shape index (κ1) is 13.5. The summed E-state index contributed by atoms with van der Waals surface area (Å²) in [5.74, 6) is 0.0125. The van der Waals surface area contributed by atoms with E-state index in [0.717, 1.165) is 12.1 Å². The zero-order valence-electron chi connectivity index (χ0n) is 11.0. The molecule has 0 saturated heterocycles. The molecule has 0 fully saturated rings. The summed E-state index contributed by atoms with van der Waals surface area (Å²) in [4.78, 5) is 15.8. The molecule has 1 rings (SSSR count). The fraction of sp³-hybridized carbons (Fsp3) is 0.462. The molecule has 0 spiro atoms. The van der Waals surface area contributed by atoms with Crippen molar-refractivity contribution in [3.63, 3.8) is 0 Å². The van der Waals surface area contributed by atoms with Crippen molar-refractivity contribution in [3.8, 4) is 0 Å². The average molecular weight is 235 g/mol. The van der Waals surface area contributed by atoms with Gasteiger partial charge < -0.3 is 15.5 Å². The quantitative estimate of drug-likeness (QED) is 0.798. The third kappa shape index (κ3) is 3.75. The lowest BCUT2D eigenvalue weighted by molar-refractivity contribution is 0.0786. The van der Waals surface area contributed by atoms with Gasteiger partial charge in [0, 0.05) is 31.4 Å². The Morgan fingerprint density at radius 3 is 2.41 bits per heavy atom. The fourth-order valence-corrected chi connectivity index (χ4v) is 1.45. The number of hydrogen-bond donors (Lipinski definition) is 1. The van der Waals surface area contributed by atoms with E-state index in [0.29, 0.717) is 17.8 Å². The standard InChI is InChI=1S/C13H21N3O/c1-10-5-6-11(9-12(10)14)13(17)16(4)8-7-15(2)3/h5-6,9H,7-8,14H2,1-4H3. The van der Waals surface area contributed by atoms with Crippen LogP contribution < -0.4 is 5.73 Å². The zero-order valence-corrected chi connectivity index (χ0v) is 11.0. The highest BCUT2D eigenvalue weighted by atomic mass is 16.2. The molecule has 0 aromatic heterocycles. The maximum atomic E-state index is 12.1. The van der Waals surface area contributed by atoms with E-state index in [1.807, 2.05) is 45.1 Å². The van der Waals surface area contributed by atoms with Gasteiger partial charge in [-0.2, -0.15) is 0 Å². The van der Waals surface area contributed by atoms with Gasteiger partial charge in [-0.25, -0.2) is 0 Å². The van der Waals surface area contributed by atoms with E-state index in [-0.39, 0.29) is 5.91 Å². The SMILES string of the molecule is Cc1ccc(C(=O)N(C)CCN(C)C)cc1N. The Balaban J connectivity index is 2.71. The lowest BCUT2D eigenvalue weighted by Gasteiger charge is -2.20. The number of hydrogen-bond acceptors (Lipinski definition) is 3. The van der Waals surface area contributed by atoms with Gasteiger partial charge in [-0.1, -0.05) is 6.07 Å². The van der Waals surface area contributed by atoms with E-state index < -0.39 is 0 Å². The monoisotopic (exact) mass is 235 g/mol. The van der Waals surface area contributed by atoms with Gasteiger partial charge in [-0.05, 0) is 38.7 Å². The molecular formula is C13H21N3O. The van der Waals surface area contributed by atoms with E-state index in [9.17, 15) is 4.79 Å². The van der Waals surface area contributed by atoms with Gasteiger partial charge in [0.1, 0.15) is 0 Å². The minimum absolute atomic E-state index is 0.0125. The summed E-state index contributed by atoms with van der Waals surface area (Å²) in [5.41, 5.74) is 8.11. The van der Waals surface area contributed by atoms with E-state index >= 15 is 0 Å². The van der Waals surface area contributed by atoms with Crippen molar-refractivity contribution < 1.29 is 4.79 Å². The number of nitrogens with zero attached hydrogens (tertiary/aromatic N) is 2. The van der Waals surface area contributed by atoms with Crippen LogP contribution in [0.4, 0.5) is 5.69 Å². The van der Waals surface area contributed by atoms with Crippen molar-refractivity contribution in [3.05, 3.63) is 29.3 Å². The molecule has 2 N–H and O–H groups in total. The van der Waals surface area contributed by atoms with Gasteiger partial charge >= 0.3 is 0 Å². The molecule has 0 aliphatic carbocycles. The molecule has 0 heterocycles. The molecular weight excluding hydrogens is 214 g/mol. The number of carbonyl (C=O) groups excluding carboxylic acids is 1. The Labute approximate surface area is 103 Å². The Kier molecular flexibility index (Phi) is 4.52. The molecule has 0 unspecified atom stereocenters. The van der Waals surface area contributed by atoms with Crippen molar-refractivity contribution in [1.82, 2.24) is 9.80 Å². The van der Waals surface area contributed by atoms with Gasteiger partial charge in [-0.15, -0.1) is 0 Å². The predicted molar refractivity (Wildman–Crippen MR) is 71.1 cm³/mol. The maximum Gasteiger partial charge on any atom is 0.253 e. The summed E-state index contributed by atoms with van der Waals surface area (Å²) in [7, 11) is 5.78. The van der Waals surface area contributed by atoms with Crippen molar-refractivity contribution in [2.75, 3.05) is 40.0 Å². The van der Waals surface area contributed by atoms with E-state index in [1.54, 1.807) is 11.0 Å². The second-order valence-electron chi connectivity index (χ2n) is 4.60. The number of carbonyl (C=O) groups is 1. The third-order valence-corrected chi connectivity index (χ3v) is 2.76. The minimum atomic E-state index is 0.0125. The van der Waals surface area contributed by atoms with Crippen LogP contribution in [0.1, 0.15) is 15.9 Å². The minimum Gasteiger partial charge on any atom is -0.398 e. The maximum absolute atomic E-state index is 12.1. The van der Waals surface area contributed by atoms with Gasteiger partial charge in [0.25, 0.3) is 5.91 Å². The Morgan fingerprint density at radius 1 is 1.24 bits per heavy atom. The first-order chi connectivity index (χ1) is 7.91. The van der Waals surface area contributed by atoms with Crippen LogP contribution in [0.2, 0.25) is 0 Å². The highest BCUT2D eigenvalue weighted by molar-refractivity contribution is 5.95. The van der Waals surface area contributed by atoms with Crippen molar-refractivity contribution in [2.45, 2.75) is 6.92 Å². The molecule has 94 valence electrons. The van der Waals surface area contributed by atoms with Gasteiger partial charge in [0.2, 0.25) is 0 Å². The summed E-state index contributed by atoms with van der Waals surface area (Å²) in [6.07, 6.45) is 0. The Morgan fingerprint density at radius 2 is 1.88 bits per heavy atom. The van der Waals surface area contributed by atoms with E-state index in [2.05, 4.69) is 0 Å². The molecule has 1 amide bonds. The summed E-state index contributed by atoms with van der Waals surface area (Å²) >= 11 is 0. The Bertz CT molecular complexity index is 402. The molecule has 4 heteroatoms. The second kappa shape index (κ2) is 5.68. The van der Waals surface area contributed by atoms with Gasteiger partial charge in [-0.3, -0.25) is 4.79 Å². The normalized spacial score (nSPS) is 10.6. The molecule has 0 saturated carbocycles. The number of benzene rings is 1. The lowest BCUT2D eigenvalue weighted by Crippen LogP contribution is -2.33. The number of nitrogen functional groups attached to an aromatic ring is 1. The molecule has 17 heavy (non-hydrogen) atoms. The molecule has 0 aliphatic rings. The summed E-state index contributed by atoms with van der Waals surface area (Å²) in [5, 5.41) is 0. The number of rotatable bonds is 4. The molecule has 1 aromatic carbocycles. The Hall–Kier alpha value is -1.55. The van der Waals surface area contributed by atoms with Crippen LogP contribution in [-0.2, 0) is 0 Å². The number of nitrogens with two attached hydrogens (primary N) is 1. The van der Waals surface area contributed by atoms with Crippen LogP contribution in [0.3, 0.4) is 0 Å². The number of amides is 1. The van der Waals surface area contributed by atoms with Gasteiger partial charge in [0.05, 0.1) is 0 Å². The van der Waals surface area contributed by atoms with E-state index in [4.69, 9.17) is 5.73 Å². The second-order valence-corrected chi connectivity index (χ2v) is 4.60. The van der Waals surface area contributed by atoms with Crippen LogP contribution in [0.5, 0.6) is 0 Å². The highest BCUT2D eigenvalue weighted by Crippen LogP contribution is 2.14. The van der Waals surface area contributed by atoms with E-state index in [1.165, 1.54) is 0 Å². The summed E-state index contributed by atoms with van der Waals surface area (Å²) in [6, 6.07) is 5.44. The van der Waals surface area contributed by atoms with Crippen molar-refractivity contribution >= 4 is 11.6 Å². The third-order valence-electron chi connectivity index (χ3n) is 2.76. The number of aryl methyl sites for hydroxylation is 1. The molecule has 1 aromatic rings. The van der Waals surface area contributed by atoms with Crippen LogP contribution in [0.15, 0.2) is 18.2 Å². The lowest BCUT2D eigenvalue weighted by atomic mass is 10.1. The first-order valence-electron chi connectivity index (χ1n) is 5.68. The number of likely N-dealkylation sites (N-methyl/N-ethyl adjacent to an activating group) is 2.